The van der Waals surface area contributed by atoms with E-state index in [2.05, 4.69) is 67.8 Å². The number of hydrogen-bond donors (Lipinski definition) is 1. The van der Waals surface area contributed by atoms with Gasteiger partial charge in [0.05, 0.1) is 24.1 Å². The molecule has 2 aliphatic rings. The SMILES string of the molecule is Cc1ncc(-c2ccnc(Nc3ccc(N4CCN(C(=O)CN5CCC5)CC4)cc3)n2)n1C(C)C.Cl. The van der Waals surface area contributed by atoms with Crippen molar-refractivity contribution in [2.45, 2.75) is 33.2 Å². The lowest BCUT2D eigenvalue weighted by Crippen LogP contribution is -2.52. The predicted molar refractivity (Wildman–Crippen MR) is 145 cm³/mol. The molecule has 0 radical (unpaired) electrons. The topological polar surface area (TPSA) is 82.4 Å². The highest BCUT2D eigenvalue weighted by molar-refractivity contribution is 5.85. The van der Waals surface area contributed by atoms with Crippen LogP contribution in [-0.4, -0.2) is 81.0 Å². The first kappa shape index (κ1) is 25.9. The lowest BCUT2D eigenvalue weighted by molar-refractivity contribution is -0.133. The van der Waals surface area contributed by atoms with E-state index in [1.807, 2.05) is 24.1 Å². The van der Waals surface area contributed by atoms with Gasteiger partial charge in [0.15, 0.2) is 0 Å². The van der Waals surface area contributed by atoms with E-state index in [-0.39, 0.29) is 18.3 Å². The summed E-state index contributed by atoms with van der Waals surface area (Å²) >= 11 is 0. The third-order valence-corrected chi connectivity index (χ3v) is 6.84. The van der Waals surface area contributed by atoms with E-state index in [1.165, 1.54) is 6.42 Å². The second-order valence-electron chi connectivity index (χ2n) is 9.59. The molecule has 0 atom stereocenters. The van der Waals surface area contributed by atoms with Gasteiger partial charge in [0.1, 0.15) is 5.82 Å². The maximum atomic E-state index is 12.5. The molecular formula is C26H35ClN8O. The molecule has 0 saturated carbocycles. The number of aryl methyl sites for hydroxylation is 1. The van der Waals surface area contributed by atoms with Crippen molar-refractivity contribution in [2.75, 3.05) is 56.0 Å². The van der Waals surface area contributed by atoms with Crippen molar-refractivity contribution in [1.82, 2.24) is 29.3 Å². The van der Waals surface area contributed by atoms with Gasteiger partial charge in [-0.2, -0.15) is 0 Å². The van der Waals surface area contributed by atoms with Crippen LogP contribution in [0.3, 0.4) is 0 Å². The molecular weight excluding hydrogens is 476 g/mol. The Labute approximate surface area is 219 Å². The number of nitrogens with zero attached hydrogens (tertiary/aromatic N) is 7. The summed E-state index contributed by atoms with van der Waals surface area (Å²) in [7, 11) is 0. The summed E-state index contributed by atoms with van der Waals surface area (Å²) < 4.78 is 2.18. The molecule has 9 nitrogen and oxygen atoms in total. The maximum Gasteiger partial charge on any atom is 0.236 e. The largest absolute Gasteiger partial charge is 0.368 e. The molecule has 1 amide bonds. The number of imidazole rings is 1. The third-order valence-electron chi connectivity index (χ3n) is 6.84. The number of carbonyl (C=O) groups is 1. The Morgan fingerprint density at radius 1 is 1.00 bits per heavy atom. The minimum absolute atomic E-state index is 0. The fourth-order valence-corrected chi connectivity index (χ4v) is 4.79. The molecule has 1 N–H and O–H groups in total. The van der Waals surface area contributed by atoms with Gasteiger partial charge in [-0.05, 0) is 70.6 Å². The molecule has 0 aliphatic carbocycles. The number of benzene rings is 1. The van der Waals surface area contributed by atoms with Gasteiger partial charge in [-0.1, -0.05) is 0 Å². The van der Waals surface area contributed by atoms with E-state index < -0.39 is 0 Å². The van der Waals surface area contributed by atoms with E-state index in [1.54, 1.807) is 6.20 Å². The van der Waals surface area contributed by atoms with Crippen LogP contribution < -0.4 is 10.2 Å². The van der Waals surface area contributed by atoms with Crippen LogP contribution in [0.4, 0.5) is 17.3 Å². The number of amides is 1. The Kier molecular flexibility index (Phi) is 8.11. The summed E-state index contributed by atoms with van der Waals surface area (Å²) in [6, 6.07) is 10.5. The fourth-order valence-electron chi connectivity index (χ4n) is 4.79. The maximum absolute atomic E-state index is 12.5. The summed E-state index contributed by atoms with van der Waals surface area (Å²) in [6.07, 6.45) is 4.86. The summed E-state index contributed by atoms with van der Waals surface area (Å²) in [5.41, 5.74) is 3.93. The lowest BCUT2D eigenvalue weighted by Gasteiger charge is -2.38. The monoisotopic (exact) mass is 510 g/mol. The Morgan fingerprint density at radius 3 is 2.36 bits per heavy atom. The van der Waals surface area contributed by atoms with Crippen molar-refractivity contribution in [3.8, 4) is 11.4 Å². The van der Waals surface area contributed by atoms with Gasteiger partial charge in [0.25, 0.3) is 0 Å². The molecule has 0 unspecified atom stereocenters. The molecule has 36 heavy (non-hydrogen) atoms. The van der Waals surface area contributed by atoms with E-state index >= 15 is 0 Å². The highest BCUT2D eigenvalue weighted by Gasteiger charge is 2.24. The average Bonchev–Trinajstić information content (AvgIpc) is 3.24. The summed E-state index contributed by atoms with van der Waals surface area (Å²) in [5.74, 6) is 1.79. The van der Waals surface area contributed by atoms with Crippen molar-refractivity contribution >= 4 is 35.6 Å². The predicted octanol–water partition coefficient (Wildman–Crippen LogP) is 3.75. The molecule has 2 saturated heterocycles. The van der Waals surface area contributed by atoms with Crippen LogP contribution in [0.25, 0.3) is 11.4 Å². The van der Waals surface area contributed by atoms with Crippen LogP contribution in [0.15, 0.2) is 42.7 Å². The molecule has 2 aliphatic heterocycles. The molecule has 1 aromatic carbocycles. The number of hydrogen-bond acceptors (Lipinski definition) is 7. The first-order chi connectivity index (χ1) is 17.0. The minimum atomic E-state index is 0. The molecule has 2 aromatic heterocycles. The number of rotatable bonds is 7. The zero-order valence-electron chi connectivity index (χ0n) is 21.2. The Hall–Kier alpha value is -3.17. The molecule has 3 aromatic rings. The number of piperazine rings is 1. The van der Waals surface area contributed by atoms with E-state index in [0.29, 0.717) is 18.5 Å². The fraction of sp³-hybridized carbons (Fsp3) is 0.462. The van der Waals surface area contributed by atoms with Crippen molar-refractivity contribution in [2.24, 2.45) is 0 Å². The highest BCUT2D eigenvalue weighted by atomic mass is 35.5. The van der Waals surface area contributed by atoms with Gasteiger partial charge in [0, 0.05) is 49.8 Å². The van der Waals surface area contributed by atoms with E-state index in [0.717, 1.165) is 67.9 Å². The molecule has 2 fully saturated rings. The van der Waals surface area contributed by atoms with Gasteiger partial charge in [0.2, 0.25) is 11.9 Å². The molecule has 5 rings (SSSR count). The van der Waals surface area contributed by atoms with Crippen molar-refractivity contribution in [3.63, 3.8) is 0 Å². The second kappa shape index (κ2) is 11.3. The summed E-state index contributed by atoms with van der Waals surface area (Å²) in [5, 5.41) is 3.32. The van der Waals surface area contributed by atoms with Crippen LogP contribution in [-0.2, 0) is 4.79 Å². The van der Waals surface area contributed by atoms with E-state index in [4.69, 9.17) is 4.98 Å². The highest BCUT2D eigenvalue weighted by Crippen LogP contribution is 2.25. The molecule has 0 bridgehead atoms. The van der Waals surface area contributed by atoms with Gasteiger partial charge >= 0.3 is 0 Å². The normalized spacial score (nSPS) is 16.0. The number of halogens is 1. The summed E-state index contributed by atoms with van der Waals surface area (Å²) in [6.45, 7) is 12.3. The minimum Gasteiger partial charge on any atom is -0.368 e. The number of aromatic nitrogens is 4. The van der Waals surface area contributed by atoms with Crippen LogP contribution in [0.2, 0.25) is 0 Å². The third kappa shape index (κ3) is 5.63. The Balaban J connectivity index is 0.00000304. The molecule has 10 heteroatoms. The summed E-state index contributed by atoms with van der Waals surface area (Å²) in [4.78, 5) is 32.6. The van der Waals surface area contributed by atoms with Crippen molar-refractivity contribution in [3.05, 3.63) is 48.5 Å². The van der Waals surface area contributed by atoms with Crippen LogP contribution in [0.5, 0.6) is 0 Å². The Morgan fingerprint density at radius 2 is 1.72 bits per heavy atom. The second-order valence-corrected chi connectivity index (χ2v) is 9.59. The molecule has 4 heterocycles. The van der Waals surface area contributed by atoms with Gasteiger partial charge < -0.3 is 19.7 Å². The smallest absolute Gasteiger partial charge is 0.236 e. The van der Waals surface area contributed by atoms with Gasteiger partial charge in [-0.3, -0.25) is 9.69 Å². The van der Waals surface area contributed by atoms with Crippen molar-refractivity contribution < 1.29 is 4.79 Å². The average molecular weight is 511 g/mol. The quantitative estimate of drug-likeness (QED) is 0.518. The van der Waals surface area contributed by atoms with E-state index in [9.17, 15) is 4.79 Å². The van der Waals surface area contributed by atoms with Gasteiger partial charge in [-0.25, -0.2) is 15.0 Å². The lowest BCUT2D eigenvalue weighted by atomic mass is 10.2. The number of anilines is 3. The molecule has 192 valence electrons. The standard InChI is InChI=1S/C26H34N8O.ClH/c1-19(2)34-20(3)28-17-24(34)23-9-10-27-26(30-23)29-21-5-7-22(8-6-21)32-13-15-33(16-14-32)25(35)18-31-11-4-12-31;/h5-10,17,19H,4,11-16,18H2,1-3H3,(H,27,29,30);1H. The van der Waals surface area contributed by atoms with Crippen LogP contribution >= 0.6 is 12.4 Å². The number of nitrogens with one attached hydrogen (secondary N) is 1. The first-order valence-electron chi connectivity index (χ1n) is 12.5. The van der Waals surface area contributed by atoms with Crippen LogP contribution in [0, 0.1) is 6.92 Å². The van der Waals surface area contributed by atoms with Gasteiger partial charge in [-0.15, -0.1) is 12.4 Å². The van der Waals surface area contributed by atoms with Crippen LogP contribution in [0.1, 0.15) is 32.1 Å². The van der Waals surface area contributed by atoms with Crippen molar-refractivity contribution in [1.29, 1.82) is 0 Å². The number of likely N-dealkylation sites (tertiary alicyclic amines) is 1. The zero-order chi connectivity index (χ0) is 24.4. The molecule has 0 spiro atoms. The number of carbonyl (C=O) groups excluding carboxylic acids is 1. The zero-order valence-corrected chi connectivity index (χ0v) is 22.0. The Bertz CT molecular complexity index is 1170. The first-order valence-corrected chi connectivity index (χ1v) is 12.5.